The zero-order chi connectivity index (χ0) is 22.2. The van der Waals surface area contributed by atoms with Crippen LogP contribution in [0.5, 0.6) is 0 Å². The van der Waals surface area contributed by atoms with E-state index in [-0.39, 0.29) is 18.4 Å². The first-order valence-corrected chi connectivity index (χ1v) is 10.4. The number of nitrogens with one attached hydrogen (secondary N) is 1. The van der Waals surface area contributed by atoms with E-state index in [0.717, 1.165) is 6.07 Å². The molecule has 0 aliphatic carbocycles. The lowest BCUT2D eigenvalue weighted by Gasteiger charge is -2.37. The van der Waals surface area contributed by atoms with Gasteiger partial charge in [0.15, 0.2) is 17.6 Å². The molecule has 1 fully saturated rings. The number of hydrogen-bond donors (Lipinski definition) is 1. The molecule has 0 aromatic heterocycles. The minimum absolute atomic E-state index is 0.00445. The van der Waals surface area contributed by atoms with Crippen molar-refractivity contribution in [3.05, 3.63) is 35.4 Å². The second-order valence-electron chi connectivity index (χ2n) is 8.75. The van der Waals surface area contributed by atoms with Crippen molar-refractivity contribution in [2.45, 2.75) is 70.5 Å². The van der Waals surface area contributed by atoms with Crippen molar-refractivity contribution >= 4 is 23.3 Å². The minimum Gasteiger partial charge on any atom is -0.598 e. The Bertz CT molecular complexity index is 776. The van der Waals surface area contributed by atoms with Gasteiger partial charge in [0.2, 0.25) is 0 Å². The molecule has 1 aromatic carbocycles. The fourth-order valence-corrected chi connectivity index (χ4v) is 3.87. The molecule has 0 spiro atoms. The number of rotatable bonds is 6. The Labute approximate surface area is 172 Å². The smallest absolute Gasteiger partial charge is 0.323 e. The van der Waals surface area contributed by atoms with E-state index in [2.05, 4.69) is 4.72 Å². The zero-order valence-corrected chi connectivity index (χ0v) is 18.2. The van der Waals surface area contributed by atoms with Crippen LogP contribution in [0.2, 0.25) is 0 Å². The lowest BCUT2D eigenvalue weighted by molar-refractivity contribution is -0.240. The number of halogens is 2. The highest BCUT2D eigenvalue weighted by molar-refractivity contribution is 7.90. The third-order valence-electron chi connectivity index (χ3n) is 4.62. The average molecular weight is 432 g/mol. The van der Waals surface area contributed by atoms with Gasteiger partial charge in [-0.1, -0.05) is 12.1 Å². The first-order valence-electron chi connectivity index (χ1n) is 9.26. The van der Waals surface area contributed by atoms with E-state index >= 15 is 0 Å². The van der Waals surface area contributed by atoms with Gasteiger partial charge in [-0.2, -0.15) is 0 Å². The summed E-state index contributed by atoms with van der Waals surface area (Å²) >= 11 is -1.63. The third kappa shape index (κ3) is 5.46. The first kappa shape index (κ1) is 23.6. The molecule has 9 heteroatoms. The Balaban J connectivity index is 2.32. The lowest BCUT2D eigenvalue weighted by atomic mass is 9.85. The molecule has 2 rings (SSSR count). The Hall–Kier alpha value is -1.71. The molecule has 1 saturated heterocycles. The van der Waals surface area contributed by atoms with Crippen LogP contribution < -0.4 is 4.72 Å². The van der Waals surface area contributed by atoms with Crippen LogP contribution in [-0.2, 0) is 36.0 Å². The zero-order valence-electron chi connectivity index (χ0n) is 17.4. The molecule has 0 bridgehead atoms. The van der Waals surface area contributed by atoms with Gasteiger partial charge in [0.25, 0.3) is 5.79 Å². The van der Waals surface area contributed by atoms with Crippen molar-refractivity contribution < 1.29 is 32.4 Å². The highest BCUT2D eigenvalue weighted by Gasteiger charge is 2.46. The van der Waals surface area contributed by atoms with Gasteiger partial charge < -0.3 is 14.0 Å². The molecule has 0 amide bonds. The van der Waals surface area contributed by atoms with Crippen molar-refractivity contribution in [3.63, 3.8) is 0 Å². The maximum absolute atomic E-state index is 14.6. The van der Waals surface area contributed by atoms with E-state index < -0.39 is 56.9 Å². The number of carbonyl (C=O) groups excluding carboxylic acids is 2. The topological polar surface area (TPSA) is 87.7 Å². The molecule has 0 saturated carbocycles. The summed E-state index contributed by atoms with van der Waals surface area (Å²) in [6.45, 7) is 9.64. The van der Waals surface area contributed by atoms with Crippen molar-refractivity contribution in [2.75, 3.05) is 0 Å². The summed E-state index contributed by atoms with van der Waals surface area (Å²) in [6, 6.07) is 3.71. The van der Waals surface area contributed by atoms with Crippen LogP contribution in [0.3, 0.4) is 0 Å². The van der Waals surface area contributed by atoms with E-state index in [9.17, 15) is 22.9 Å². The summed E-state index contributed by atoms with van der Waals surface area (Å²) in [5.74, 6) is -6.17. The van der Waals surface area contributed by atoms with Gasteiger partial charge in [0.1, 0.15) is 4.75 Å². The van der Waals surface area contributed by atoms with Crippen molar-refractivity contribution in [1.29, 1.82) is 0 Å². The van der Waals surface area contributed by atoms with Crippen LogP contribution in [-0.4, -0.2) is 27.0 Å². The number of carbonyl (C=O) groups is 2. The molecule has 0 radical (unpaired) electrons. The van der Waals surface area contributed by atoms with E-state index in [4.69, 9.17) is 9.47 Å². The predicted molar refractivity (Wildman–Crippen MR) is 104 cm³/mol. The van der Waals surface area contributed by atoms with Crippen LogP contribution in [0.1, 0.15) is 59.9 Å². The van der Waals surface area contributed by atoms with Gasteiger partial charge in [0.05, 0.1) is 5.54 Å². The van der Waals surface area contributed by atoms with Crippen LogP contribution >= 0.6 is 0 Å². The molecular formula is C20H27F2NO5S. The minimum atomic E-state index is -1.63. The summed E-state index contributed by atoms with van der Waals surface area (Å²) < 4.78 is 53.5. The number of cyclic esters (lactones) is 2. The van der Waals surface area contributed by atoms with Crippen molar-refractivity contribution in [2.24, 2.45) is 5.92 Å². The Morgan fingerprint density at radius 1 is 1.14 bits per heavy atom. The molecule has 1 aliphatic heterocycles. The number of esters is 2. The number of ether oxygens (including phenoxy) is 2. The highest BCUT2D eigenvalue weighted by atomic mass is 32.2. The Morgan fingerprint density at radius 3 is 2.21 bits per heavy atom. The normalized spacial score (nSPS) is 20.6. The number of benzene rings is 1. The van der Waals surface area contributed by atoms with E-state index in [1.54, 1.807) is 27.7 Å². The summed E-state index contributed by atoms with van der Waals surface area (Å²) in [6.07, 6.45) is -0.0565. The predicted octanol–water partition coefficient (Wildman–Crippen LogP) is 3.46. The van der Waals surface area contributed by atoms with Crippen molar-refractivity contribution in [3.8, 4) is 0 Å². The van der Waals surface area contributed by atoms with Crippen LogP contribution in [0.4, 0.5) is 8.78 Å². The molecule has 162 valence electrons. The maximum Gasteiger partial charge on any atom is 0.323 e. The SMILES string of the molecule is CC1(C)OC(=O)C(CC[C@](C)(N[S@+]([O-])C(C)(C)C)c2cccc(F)c2F)C(=O)O1. The molecule has 1 heterocycles. The summed E-state index contributed by atoms with van der Waals surface area (Å²) in [5.41, 5.74) is -1.37. The van der Waals surface area contributed by atoms with Crippen LogP contribution in [0.15, 0.2) is 18.2 Å². The number of hydrogen-bond acceptors (Lipinski definition) is 6. The van der Waals surface area contributed by atoms with Gasteiger partial charge >= 0.3 is 11.9 Å². The van der Waals surface area contributed by atoms with Gasteiger partial charge in [-0.15, -0.1) is 4.72 Å². The van der Waals surface area contributed by atoms with Gasteiger partial charge in [-0.3, -0.25) is 9.59 Å². The van der Waals surface area contributed by atoms with Gasteiger partial charge in [0, 0.05) is 30.8 Å². The van der Waals surface area contributed by atoms with Crippen LogP contribution in [0, 0.1) is 17.6 Å². The summed E-state index contributed by atoms with van der Waals surface area (Å²) in [5, 5.41) is 0. The quantitative estimate of drug-likeness (QED) is 0.422. The Morgan fingerprint density at radius 2 is 1.69 bits per heavy atom. The van der Waals surface area contributed by atoms with Gasteiger partial charge in [-0.25, -0.2) is 8.78 Å². The lowest BCUT2D eigenvalue weighted by Crippen LogP contribution is -2.51. The fourth-order valence-electron chi connectivity index (χ4n) is 2.94. The molecule has 6 nitrogen and oxygen atoms in total. The molecule has 1 N–H and O–H groups in total. The average Bonchev–Trinajstić information content (AvgIpc) is 2.54. The molecule has 2 atom stereocenters. The van der Waals surface area contributed by atoms with E-state index in [0.29, 0.717) is 0 Å². The summed E-state index contributed by atoms with van der Waals surface area (Å²) in [7, 11) is 0. The van der Waals surface area contributed by atoms with Gasteiger partial charge in [-0.05, 0) is 46.6 Å². The Kier molecular flexibility index (Phi) is 6.66. The van der Waals surface area contributed by atoms with Crippen molar-refractivity contribution in [1.82, 2.24) is 4.72 Å². The van der Waals surface area contributed by atoms with Crippen LogP contribution in [0.25, 0.3) is 0 Å². The molecule has 0 unspecified atom stereocenters. The van der Waals surface area contributed by atoms with E-state index in [1.165, 1.54) is 26.0 Å². The second kappa shape index (κ2) is 8.20. The second-order valence-corrected chi connectivity index (χ2v) is 10.7. The highest BCUT2D eigenvalue weighted by Crippen LogP contribution is 2.35. The largest absolute Gasteiger partial charge is 0.598 e. The van der Waals surface area contributed by atoms with E-state index in [1.807, 2.05) is 0 Å². The molecule has 1 aromatic rings. The third-order valence-corrected chi connectivity index (χ3v) is 6.36. The monoisotopic (exact) mass is 431 g/mol. The standard InChI is InChI=1S/C20H27F2NO5S/c1-18(2,3)29(26)23-20(6,13-8-7-9-14(21)15(13)22)11-10-12-16(24)27-19(4,5)28-17(12)25/h7-9,12,23H,10-11H2,1-6H3/t20-,29+/m0/s1. The summed E-state index contributed by atoms with van der Waals surface area (Å²) in [4.78, 5) is 24.5. The maximum atomic E-state index is 14.6. The molecular weight excluding hydrogens is 404 g/mol. The first-order chi connectivity index (χ1) is 13.2. The molecule has 29 heavy (non-hydrogen) atoms. The fraction of sp³-hybridized carbons (Fsp3) is 0.600. The molecule has 1 aliphatic rings.